The monoisotopic (exact) mass is 271 g/mol. The number of rotatable bonds is 2. The Morgan fingerprint density at radius 3 is 2.79 bits per heavy atom. The lowest BCUT2D eigenvalue weighted by atomic mass is 10.2. The molecule has 2 heterocycles. The van der Waals surface area contributed by atoms with E-state index in [0.29, 0.717) is 5.69 Å². The molecule has 3 rings (SSSR count). The highest BCUT2D eigenvalue weighted by Gasteiger charge is 2.11. The molecule has 3 aromatic rings. The molecule has 0 amide bonds. The van der Waals surface area contributed by atoms with E-state index in [9.17, 15) is 0 Å². The normalized spacial score (nSPS) is 11.1. The van der Waals surface area contributed by atoms with Crippen molar-refractivity contribution in [3.63, 3.8) is 0 Å². The summed E-state index contributed by atoms with van der Waals surface area (Å²) >= 11 is 1.57. The first-order valence-electron chi connectivity index (χ1n) is 5.84. The van der Waals surface area contributed by atoms with E-state index in [1.165, 1.54) is 0 Å². The Balaban J connectivity index is 2.11. The van der Waals surface area contributed by atoms with Crippen LogP contribution in [0.15, 0.2) is 40.5 Å². The molecule has 1 aromatic carbocycles. The first-order valence-corrected chi connectivity index (χ1v) is 6.65. The molecule has 0 radical (unpaired) electrons. The topological polar surface area (TPSA) is 69.6 Å². The molecule has 19 heavy (non-hydrogen) atoms. The Kier molecular flexibility index (Phi) is 2.87. The minimum Gasteiger partial charge on any atom is -0.397 e. The summed E-state index contributed by atoms with van der Waals surface area (Å²) in [5.41, 5.74) is 7.46. The van der Waals surface area contributed by atoms with Crippen LogP contribution in [0.2, 0.25) is 0 Å². The van der Waals surface area contributed by atoms with Crippen molar-refractivity contribution in [3.8, 4) is 0 Å². The Bertz CT molecular complexity index is 750. The molecule has 96 valence electrons. The van der Waals surface area contributed by atoms with Crippen molar-refractivity contribution in [2.75, 3.05) is 5.73 Å². The smallest absolute Gasteiger partial charge is 0.195 e. The van der Waals surface area contributed by atoms with Gasteiger partial charge in [-0.15, -0.1) is 10.2 Å². The van der Waals surface area contributed by atoms with Gasteiger partial charge in [0.25, 0.3) is 0 Å². The summed E-state index contributed by atoms with van der Waals surface area (Å²) in [6.07, 6.45) is 1.75. The molecule has 6 heteroatoms. The molecular weight excluding hydrogens is 258 g/mol. The second-order valence-corrected chi connectivity index (χ2v) is 5.25. The summed E-state index contributed by atoms with van der Waals surface area (Å²) in [6, 6.07) is 7.80. The van der Waals surface area contributed by atoms with Gasteiger partial charge in [-0.1, -0.05) is 6.07 Å². The molecule has 0 aliphatic carbocycles. The molecule has 0 bridgehead atoms. The Hall–Kier alpha value is -2.08. The number of hydrogen-bond acceptors (Lipinski definition) is 5. The molecule has 2 N–H and O–H groups in total. The van der Waals surface area contributed by atoms with Gasteiger partial charge in [0.1, 0.15) is 5.82 Å². The Morgan fingerprint density at radius 1 is 1.21 bits per heavy atom. The molecule has 0 saturated carbocycles. The van der Waals surface area contributed by atoms with E-state index < -0.39 is 0 Å². The van der Waals surface area contributed by atoms with Crippen LogP contribution in [0.3, 0.4) is 0 Å². The molecule has 0 aliphatic heterocycles. The van der Waals surface area contributed by atoms with Crippen LogP contribution in [0.4, 0.5) is 5.69 Å². The number of nitrogens with two attached hydrogens (primary N) is 1. The van der Waals surface area contributed by atoms with E-state index in [-0.39, 0.29) is 0 Å². The average Bonchev–Trinajstić information content (AvgIpc) is 2.74. The van der Waals surface area contributed by atoms with Crippen molar-refractivity contribution < 1.29 is 0 Å². The number of aromatic nitrogens is 4. The van der Waals surface area contributed by atoms with Crippen molar-refractivity contribution in [2.24, 2.45) is 7.05 Å². The van der Waals surface area contributed by atoms with Crippen molar-refractivity contribution in [1.29, 1.82) is 0 Å². The highest BCUT2D eigenvalue weighted by Crippen LogP contribution is 2.33. The third-order valence-electron chi connectivity index (χ3n) is 3.01. The molecule has 0 spiro atoms. The largest absolute Gasteiger partial charge is 0.397 e. The molecule has 0 unspecified atom stereocenters. The quantitative estimate of drug-likeness (QED) is 0.725. The Morgan fingerprint density at radius 2 is 2.05 bits per heavy atom. The van der Waals surface area contributed by atoms with Crippen LogP contribution in [0.5, 0.6) is 0 Å². The standard InChI is InChI=1S/C13H13N5S/c1-8-16-17-13(18(8)2)19-11-6-5-10(14)12-9(11)4-3-7-15-12/h3-7H,14H2,1-2H3. The average molecular weight is 271 g/mol. The minimum absolute atomic E-state index is 0.689. The predicted octanol–water partition coefficient (Wildman–Crippen LogP) is 2.41. The number of hydrogen-bond donors (Lipinski definition) is 1. The Labute approximate surface area is 114 Å². The van der Waals surface area contributed by atoms with E-state index in [4.69, 9.17) is 5.73 Å². The zero-order chi connectivity index (χ0) is 13.4. The summed E-state index contributed by atoms with van der Waals surface area (Å²) < 4.78 is 1.96. The van der Waals surface area contributed by atoms with Gasteiger partial charge in [0.15, 0.2) is 5.16 Å². The van der Waals surface area contributed by atoms with Gasteiger partial charge >= 0.3 is 0 Å². The lowest BCUT2D eigenvalue weighted by Gasteiger charge is -2.07. The van der Waals surface area contributed by atoms with Gasteiger partial charge in [-0.2, -0.15) is 0 Å². The number of benzene rings is 1. The lowest BCUT2D eigenvalue weighted by molar-refractivity contribution is 0.766. The van der Waals surface area contributed by atoms with Crippen LogP contribution in [-0.2, 0) is 7.05 Å². The second kappa shape index (κ2) is 4.55. The number of fused-ring (bicyclic) bond motifs is 1. The molecule has 0 fully saturated rings. The molecular formula is C13H13N5S. The summed E-state index contributed by atoms with van der Waals surface area (Å²) in [6.45, 7) is 1.93. The van der Waals surface area contributed by atoms with Gasteiger partial charge in [0, 0.05) is 23.5 Å². The zero-order valence-corrected chi connectivity index (χ0v) is 11.5. The SMILES string of the molecule is Cc1nnc(Sc2ccc(N)c3ncccc23)n1C. The first-order chi connectivity index (χ1) is 9.16. The van der Waals surface area contributed by atoms with Gasteiger partial charge in [0.05, 0.1) is 11.2 Å². The highest BCUT2D eigenvalue weighted by atomic mass is 32.2. The second-order valence-electron chi connectivity index (χ2n) is 4.24. The lowest BCUT2D eigenvalue weighted by Crippen LogP contribution is -1.94. The third kappa shape index (κ3) is 2.04. The number of nitrogen functional groups attached to an aromatic ring is 1. The first kappa shape index (κ1) is 12.0. The van der Waals surface area contributed by atoms with E-state index in [2.05, 4.69) is 15.2 Å². The van der Waals surface area contributed by atoms with Gasteiger partial charge in [-0.25, -0.2) is 0 Å². The molecule has 0 aliphatic rings. The number of pyridine rings is 1. The van der Waals surface area contributed by atoms with Crippen molar-refractivity contribution in [3.05, 3.63) is 36.3 Å². The van der Waals surface area contributed by atoms with Crippen LogP contribution in [-0.4, -0.2) is 19.7 Å². The maximum Gasteiger partial charge on any atom is 0.195 e. The maximum absolute atomic E-state index is 5.95. The van der Waals surface area contributed by atoms with Crippen molar-refractivity contribution in [1.82, 2.24) is 19.7 Å². The van der Waals surface area contributed by atoms with Gasteiger partial charge in [0.2, 0.25) is 0 Å². The fraction of sp³-hybridized carbons (Fsp3) is 0.154. The molecule has 0 saturated heterocycles. The number of anilines is 1. The maximum atomic E-state index is 5.95. The van der Waals surface area contributed by atoms with Crippen LogP contribution >= 0.6 is 11.8 Å². The van der Waals surface area contributed by atoms with Crippen LogP contribution in [0.1, 0.15) is 5.82 Å². The van der Waals surface area contributed by atoms with Crippen LogP contribution in [0, 0.1) is 6.92 Å². The minimum atomic E-state index is 0.689. The van der Waals surface area contributed by atoms with Crippen molar-refractivity contribution in [2.45, 2.75) is 17.0 Å². The summed E-state index contributed by atoms with van der Waals surface area (Å²) in [5, 5.41) is 10.1. The van der Waals surface area contributed by atoms with Gasteiger partial charge in [-0.05, 0) is 36.9 Å². The number of nitrogens with zero attached hydrogens (tertiary/aromatic N) is 4. The number of aryl methyl sites for hydroxylation is 1. The van der Waals surface area contributed by atoms with Crippen LogP contribution < -0.4 is 5.73 Å². The summed E-state index contributed by atoms with van der Waals surface area (Å²) in [5.74, 6) is 0.889. The van der Waals surface area contributed by atoms with E-state index in [1.807, 2.05) is 42.8 Å². The fourth-order valence-corrected chi connectivity index (χ4v) is 2.79. The van der Waals surface area contributed by atoms with Crippen molar-refractivity contribution >= 4 is 28.4 Å². The molecule has 2 aromatic heterocycles. The summed E-state index contributed by atoms with van der Waals surface area (Å²) in [4.78, 5) is 5.41. The fourth-order valence-electron chi connectivity index (χ4n) is 1.83. The van der Waals surface area contributed by atoms with Crippen LogP contribution in [0.25, 0.3) is 10.9 Å². The van der Waals surface area contributed by atoms with Gasteiger partial charge in [-0.3, -0.25) is 4.98 Å². The third-order valence-corrected chi connectivity index (χ3v) is 4.13. The highest BCUT2D eigenvalue weighted by molar-refractivity contribution is 7.99. The van der Waals surface area contributed by atoms with E-state index in [1.54, 1.807) is 18.0 Å². The predicted molar refractivity (Wildman–Crippen MR) is 76.0 cm³/mol. The van der Waals surface area contributed by atoms with E-state index in [0.717, 1.165) is 26.8 Å². The van der Waals surface area contributed by atoms with E-state index >= 15 is 0 Å². The van der Waals surface area contributed by atoms with Gasteiger partial charge < -0.3 is 10.3 Å². The zero-order valence-electron chi connectivity index (χ0n) is 10.7. The molecule has 0 atom stereocenters. The summed E-state index contributed by atoms with van der Waals surface area (Å²) in [7, 11) is 1.95. The molecule has 5 nitrogen and oxygen atoms in total.